The Labute approximate surface area is 208 Å². The van der Waals surface area contributed by atoms with Gasteiger partial charge >= 0.3 is 0 Å². The highest BCUT2D eigenvalue weighted by atomic mass is 19.1. The molecule has 0 radical (unpaired) electrons. The summed E-state index contributed by atoms with van der Waals surface area (Å²) in [5.74, 6) is 0.821. The van der Waals surface area contributed by atoms with Gasteiger partial charge in [-0.3, -0.25) is 0 Å². The highest BCUT2D eigenvalue weighted by molar-refractivity contribution is 5.88. The summed E-state index contributed by atoms with van der Waals surface area (Å²) in [5, 5.41) is 13.8. The maximum Gasteiger partial charge on any atom is 0.220 e. The predicted molar refractivity (Wildman–Crippen MR) is 131 cm³/mol. The van der Waals surface area contributed by atoms with Crippen molar-refractivity contribution in [1.82, 2.24) is 15.0 Å². The van der Waals surface area contributed by atoms with Crippen LogP contribution in [-0.2, 0) is 10.2 Å². The fourth-order valence-corrected chi connectivity index (χ4v) is 4.70. The molecule has 2 atom stereocenters. The van der Waals surface area contributed by atoms with Crippen LogP contribution in [0, 0.1) is 24.1 Å². The number of hydrogen-bond acceptors (Lipinski definition) is 7. The van der Waals surface area contributed by atoms with E-state index in [0.717, 1.165) is 31.2 Å². The number of alkyl halides is 1. The van der Waals surface area contributed by atoms with E-state index in [9.17, 15) is 9.65 Å². The Morgan fingerprint density at radius 3 is 2.56 bits per heavy atom. The largest absolute Gasteiger partial charge is 0.474 e. The molecule has 1 aromatic carbocycles. The third-order valence-electron chi connectivity index (χ3n) is 7.00. The van der Waals surface area contributed by atoms with Gasteiger partial charge in [0.1, 0.15) is 29.7 Å². The predicted octanol–water partition coefficient (Wildman–Crippen LogP) is 5.79. The highest BCUT2D eigenvalue weighted by Crippen LogP contribution is 2.51. The molecule has 1 unspecified atom stereocenters. The zero-order valence-electron chi connectivity index (χ0n) is 20.6. The summed E-state index contributed by atoms with van der Waals surface area (Å²) in [6.45, 7) is 6.13. The lowest BCUT2D eigenvalue weighted by atomic mass is 9.97. The van der Waals surface area contributed by atoms with Crippen LogP contribution in [0.1, 0.15) is 74.3 Å². The Hall–Kier alpha value is -3.38. The number of nitriles is 1. The number of rotatable bonds is 7. The molecule has 1 aliphatic carbocycles. The minimum Gasteiger partial charge on any atom is -0.474 e. The molecule has 2 aliphatic rings. The van der Waals surface area contributed by atoms with Gasteiger partial charge in [0.25, 0.3) is 0 Å². The average Bonchev–Trinajstić information content (AvgIpc) is 3.65. The van der Waals surface area contributed by atoms with Crippen LogP contribution in [0.5, 0.6) is 5.88 Å². The van der Waals surface area contributed by atoms with Gasteiger partial charge in [0.15, 0.2) is 5.65 Å². The van der Waals surface area contributed by atoms with Crippen LogP contribution in [-0.4, -0.2) is 34.3 Å². The maximum absolute atomic E-state index is 15.0. The average molecular weight is 494 g/mol. The van der Waals surface area contributed by atoms with Gasteiger partial charge in [0.05, 0.1) is 36.1 Å². The molecule has 3 heterocycles. The molecule has 1 N–H and O–H groups in total. The number of halogens is 2. The number of aromatic nitrogens is 3. The van der Waals surface area contributed by atoms with E-state index in [4.69, 9.17) is 14.5 Å². The van der Waals surface area contributed by atoms with Gasteiger partial charge in [-0.1, -0.05) is 18.2 Å². The van der Waals surface area contributed by atoms with Crippen LogP contribution in [0.15, 0.2) is 24.3 Å². The zero-order chi connectivity index (χ0) is 25.4. The number of anilines is 1. The van der Waals surface area contributed by atoms with E-state index in [1.165, 1.54) is 13.0 Å². The summed E-state index contributed by atoms with van der Waals surface area (Å²) in [5.41, 5.74) is 0.876. The first-order valence-electron chi connectivity index (χ1n) is 12.4. The van der Waals surface area contributed by atoms with Crippen LogP contribution in [0.25, 0.3) is 11.0 Å². The summed E-state index contributed by atoms with van der Waals surface area (Å²) in [7, 11) is 0. The smallest absolute Gasteiger partial charge is 0.220 e. The molecule has 2 aromatic heterocycles. The van der Waals surface area contributed by atoms with Crippen molar-refractivity contribution in [3.8, 4) is 11.9 Å². The molecule has 1 saturated heterocycles. The van der Waals surface area contributed by atoms with Gasteiger partial charge in [-0.15, -0.1) is 0 Å². The number of nitrogens with one attached hydrogen (secondary N) is 1. The molecule has 0 bridgehead atoms. The molecule has 0 spiro atoms. The van der Waals surface area contributed by atoms with Crippen LogP contribution in [0.3, 0.4) is 0 Å². The molecule has 5 rings (SSSR count). The third kappa shape index (κ3) is 4.58. The van der Waals surface area contributed by atoms with Crippen molar-refractivity contribution in [1.29, 1.82) is 5.26 Å². The van der Waals surface area contributed by atoms with Crippen molar-refractivity contribution >= 4 is 16.9 Å². The summed E-state index contributed by atoms with van der Waals surface area (Å²) < 4.78 is 40.7. The standard InChI is InChI=1S/C27H29F2N5O2/c1-15(28)19-5-4-6-20(23(19)29)16(2)31-24-21-13-22(27(14-30)9-10-27)26(34-25(21)33-17(3)32-24)36-18-7-11-35-12-8-18/h4-6,13,15-16,18H,7-12H2,1-3H3,(H,31,32,33,34)/t15?,16-/m1/s1. The number of benzene rings is 1. The van der Waals surface area contributed by atoms with E-state index in [1.807, 2.05) is 6.07 Å². The van der Waals surface area contributed by atoms with Gasteiger partial charge in [-0.25, -0.2) is 18.7 Å². The lowest BCUT2D eigenvalue weighted by molar-refractivity contribution is 0.0233. The summed E-state index contributed by atoms with van der Waals surface area (Å²) in [6.07, 6.45) is 1.52. The Kier molecular flexibility index (Phi) is 6.47. The molecular weight excluding hydrogens is 464 g/mol. The van der Waals surface area contributed by atoms with Gasteiger partial charge < -0.3 is 14.8 Å². The van der Waals surface area contributed by atoms with Crippen LogP contribution < -0.4 is 10.1 Å². The summed E-state index contributed by atoms with van der Waals surface area (Å²) >= 11 is 0. The van der Waals surface area contributed by atoms with Crippen molar-refractivity contribution in [2.45, 2.75) is 70.2 Å². The van der Waals surface area contributed by atoms with Crippen LogP contribution >= 0.6 is 0 Å². The van der Waals surface area contributed by atoms with E-state index in [0.29, 0.717) is 47.3 Å². The van der Waals surface area contributed by atoms with E-state index in [-0.39, 0.29) is 11.7 Å². The molecule has 9 heteroatoms. The molecular formula is C27H29F2N5O2. The first-order chi connectivity index (χ1) is 17.3. The zero-order valence-corrected chi connectivity index (χ0v) is 20.6. The second-order valence-corrected chi connectivity index (χ2v) is 9.69. The van der Waals surface area contributed by atoms with Gasteiger partial charge in [0.2, 0.25) is 5.88 Å². The fourth-order valence-electron chi connectivity index (χ4n) is 4.70. The molecule has 0 amide bonds. The number of pyridine rings is 1. The van der Waals surface area contributed by atoms with E-state index in [1.54, 1.807) is 26.0 Å². The van der Waals surface area contributed by atoms with E-state index in [2.05, 4.69) is 21.4 Å². The van der Waals surface area contributed by atoms with Crippen molar-refractivity contribution < 1.29 is 18.3 Å². The van der Waals surface area contributed by atoms with Crippen molar-refractivity contribution in [3.63, 3.8) is 0 Å². The van der Waals surface area contributed by atoms with Crippen molar-refractivity contribution in [2.24, 2.45) is 0 Å². The SMILES string of the molecule is Cc1nc(N[C@H](C)c2cccc(C(C)F)c2F)c2cc(C3(C#N)CC3)c(OC3CCOCC3)nc2n1. The van der Waals surface area contributed by atoms with Crippen LogP contribution in [0.4, 0.5) is 14.6 Å². The summed E-state index contributed by atoms with van der Waals surface area (Å²) in [6, 6.07) is 8.55. The fraction of sp³-hybridized carbons (Fsp3) is 0.481. The Morgan fingerprint density at radius 2 is 1.89 bits per heavy atom. The molecule has 1 saturated carbocycles. The number of fused-ring (bicyclic) bond motifs is 1. The lowest BCUT2D eigenvalue weighted by Crippen LogP contribution is -2.27. The molecule has 188 valence electrons. The van der Waals surface area contributed by atoms with E-state index < -0.39 is 23.4 Å². The molecule has 7 nitrogen and oxygen atoms in total. The van der Waals surface area contributed by atoms with Crippen LogP contribution in [0.2, 0.25) is 0 Å². The molecule has 3 aromatic rings. The molecule has 2 fully saturated rings. The number of aryl methyl sites for hydroxylation is 1. The monoisotopic (exact) mass is 493 g/mol. The molecule has 1 aliphatic heterocycles. The quantitative estimate of drug-likeness (QED) is 0.445. The Morgan fingerprint density at radius 1 is 1.17 bits per heavy atom. The third-order valence-corrected chi connectivity index (χ3v) is 7.00. The second kappa shape index (κ2) is 9.58. The first-order valence-corrected chi connectivity index (χ1v) is 12.4. The number of hydrogen-bond donors (Lipinski definition) is 1. The second-order valence-electron chi connectivity index (χ2n) is 9.69. The number of nitrogens with zero attached hydrogens (tertiary/aromatic N) is 4. The van der Waals surface area contributed by atoms with Crippen molar-refractivity contribution in [2.75, 3.05) is 18.5 Å². The maximum atomic E-state index is 15.0. The topological polar surface area (TPSA) is 93.0 Å². The van der Waals surface area contributed by atoms with Gasteiger partial charge in [-0.2, -0.15) is 10.2 Å². The number of ether oxygens (including phenoxy) is 2. The van der Waals surface area contributed by atoms with Gasteiger partial charge in [-0.05, 0) is 39.7 Å². The lowest BCUT2D eigenvalue weighted by Gasteiger charge is -2.25. The Balaban J connectivity index is 1.56. The molecule has 36 heavy (non-hydrogen) atoms. The first kappa shape index (κ1) is 24.3. The minimum atomic E-state index is -1.42. The van der Waals surface area contributed by atoms with E-state index >= 15 is 4.39 Å². The van der Waals surface area contributed by atoms with Gasteiger partial charge in [0, 0.05) is 29.5 Å². The van der Waals surface area contributed by atoms with Crippen molar-refractivity contribution in [3.05, 3.63) is 52.6 Å². The highest BCUT2D eigenvalue weighted by Gasteiger charge is 2.48. The minimum absolute atomic E-state index is 0.0217. The normalized spacial score (nSPS) is 18.9. The summed E-state index contributed by atoms with van der Waals surface area (Å²) in [4.78, 5) is 13.8. The Bertz CT molecular complexity index is 1330.